The van der Waals surface area contributed by atoms with Crippen LogP contribution in [0.1, 0.15) is 48.4 Å². The molecule has 0 fully saturated rings. The number of anilines is 1. The summed E-state index contributed by atoms with van der Waals surface area (Å²) in [6.07, 6.45) is 8.17. The highest BCUT2D eigenvalue weighted by Gasteiger charge is 2.16. The SMILES string of the molecule is Cc1nc(-c2ccncc2)ncc1C(C)NC(=O)c1cnc(NC(C)C)nc1. The minimum atomic E-state index is -0.257. The van der Waals surface area contributed by atoms with Crippen molar-refractivity contribution in [3.05, 3.63) is 59.9 Å². The van der Waals surface area contributed by atoms with Crippen molar-refractivity contribution in [3.8, 4) is 11.4 Å². The van der Waals surface area contributed by atoms with E-state index in [2.05, 4.69) is 35.6 Å². The number of hydrogen-bond acceptors (Lipinski definition) is 7. The number of nitrogens with zero attached hydrogens (tertiary/aromatic N) is 5. The molecule has 1 unspecified atom stereocenters. The van der Waals surface area contributed by atoms with Gasteiger partial charge in [-0.25, -0.2) is 19.9 Å². The van der Waals surface area contributed by atoms with Gasteiger partial charge in [0.1, 0.15) is 0 Å². The highest BCUT2D eigenvalue weighted by molar-refractivity contribution is 5.93. The highest BCUT2D eigenvalue weighted by atomic mass is 16.1. The summed E-state index contributed by atoms with van der Waals surface area (Å²) in [5.74, 6) is 0.876. The number of aryl methyl sites for hydroxylation is 1. The molecule has 0 spiro atoms. The Balaban J connectivity index is 1.70. The summed E-state index contributed by atoms with van der Waals surface area (Å²) in [7, 11) is 0. The summed E-state index contributed by atoms with van der Waals surface area (Å²) in [6, 6.07) is 3.68. The third-order valence-electron chi connectivity index (χ3n) is 4.10. The van der Waals surface area contributed by atoms with Gasteiger partial charge in [-0.2, -0.15) is 0 Å². The average Bonchev–Trinajstić information content (AvgIpc) is 2.68. The van der Waals surface area contributed by atoms with Crippen LogP contribution in [-0.4, -0.2) is 36.9 Å². The monoisotopic (exact) mass is 377 g/mol. The van der Waals surface area contributed by atoms with E-state index in [1.54, 1.807) is 18.6 Å². The van der Waals surface area contributed by atoms with Gasteiger partial charge in [-0.1, -0.05) is 0 Å². The second kappa shape index (κ2) is 8.51. The van der Waals surface area contributed by atoms with Crippen molar-refractivity contribution in [2.24, 2.45) is 0 Å². The van der Waals surface area contributed by atoms with E-state index in [-0.39, 0.29) is 18.0 Å². The van der Waals surface area contributed by atoms with Crippen LogP contribution in [0.25, 0.3) is 11.4 Å². The van der Waals surface area contributed by atoms with Crippen molar-refractivity contribution in [3.63, 3.8) is 0 Å². The maximum absolute atomic E-state index is 12.5. The second-order valence-corrected chi connectivity index (χ2v) is 6.76. The normalized spacial score (nSPS) is 11.9. The van der Waals surface area contributed by atoms with Crippen molar-refractivity contribution in [2.75, 3.05) is 5.32 Å². The molecular formula is C20H23N7O. The molecule has 1 amide bonds. The van der Waals surface area contributed by atoms with Gasteiger partial charge in [0.15, 0.2) is 5.82 Å². The first-order chi connectivity index (χ1) is 13.4. The molecule has 0 saturated heterocycles. The number of nitrogens with one attached hydrogen (secondary N) is 2. The third kappa shape index (κ3) is 4.64. The fourth-order valence-corrected chi connectivity index (χ4v) is 2.68. The minimum Gasteiger partial charge on any atom is -0.352 e. The molecule has 0 aromatic carbocycles. The minimum absolute atomic E-state index is 0.220. The molecule has 1 atom stereocenters. The Morgan fingerprint density at radius 3 is 2.29 bits per heavy atom. The molecule has 0 aliphatic heterocycles. The Labute approximate surface area is 163 Å². The topological polar surface area (TPSA) is 106 Å². The first kappa shape index (κ1) is 19.3. The van der Waals surface area contributed by atoms with Gasteiger partial charge in [-0.05, 0) is 39.8 Å². The van der Waals surface area contributed by atoms with Crippen LogP contribution >= 0.6 is 0 Å². The van der Waals surface area contributed by atoms with Gasteiger partial charge in [0.05, 0.1) is 11.6 Å². The van der Waals surface area contributed by atoms with Crippen LogP contribution in [0.4, 0.5) is 5.95 Å². The lowest BCUT2D eigenvalue weighted by Crippen LogP contribution is -2.28. The van der Waals surface area contributed by atoms with Crippen LogP contribution in [0.2, 0.25) is 0 Å². The molecule has 0 aliphatic carbocycles. The van der Waals surface area contributed by atoms with Crippen LogP contribution in [0.5, 0.6) is 0 Å². The molecule has 28 heavy (non-hydrogen) atoms. The molecule has 3 heterocycles. The van der Waals surface area contributed by atoms with Gasteiger partial charge in [-0.15, -0.1) is 0 Å². The molecule has 0 bridgehead atoms. The average molecular weight is 377 g/mol. The Morgan fingerprint density at radius 2 is 1.68 bits per heavy atom. The maximum atomic E-state index is 12.5. The molecule has 0 aliphatic rings. The van der Waals surface area contributed by atoms with Gasteiger partial charge in [0, 0.05) is 53.8 Å². The Kier molecular flexibility index (Phi) is 5.88. The van der Waals surface area contributed by atoms with Gasteiger partial charge in [-0.3, -0.25) is 9.78 Å². The van der Waals surface area contributed by atoms with Gasteiger partial charge >= 0.3 is 0 Å². The number of carbonyl (C=O) groups is 1. The smallest absolute Gasteiger partial charge is 0.254 e. The zero-order valence-corrected chi connectivity index (χ0v) is 16.3. The standard InChI is InChI=1S/C20H23N7O/c1-12(2)25-20-23-9-16(10-24-20)19(28)27-14(4)17-11-22-18(26-13(17)3)15-5-7-21-8-6-15/h5-12,14H,1-4H3,(H,27,28)(H,23,24,25). The number of hydrogen-bond donors (Lipinski definition) is 2. The fraction of sp³-hybridized carbons (Fsp3) is 0.300. The molecule has 144 valence electrons. The summed E-state index contributed by atoms with van der Waals surface area (Å²) in [5, 5.41) is 6.03. The van der Waals surface area contributed by atoms with Crippen molar-refractivity contribution >= 4 is 11.9 Å². The van der Waals surface area contributed by atoms with Crippen LogP contribution in [0, 0.1) is 6.92 Å². The van der Waals surface area contributed by atoms with Crippen LogP contribution in [0.15, 0.2) is 43.1 Å². The summed E-state index contributed by atoms with van der Waals surface area (Å²) >= 11 is 0. The quantitative estimate of drug-likeness (QED) is 0.680. The van der Waals surface area contributed by atoms with E-state index < -0.39 is 0 Å². The molecule has 3 aromatic rings. The highest BCUT2D eigenvalue weighted by Crippen LogP contribution is 2.19. The summed E-state index contributed by atoms with van der Waals surface area (Å²) < 4.78 is 0. The fourth-order valence-electron chi connectivity index (χ4n) is 2.68. The Hall–Kier alpha value is -3.42. The van der Waals surface area contributed by atoms with Gasteiger partial charge in [0.25, 0.3) is 5.91 Å². The van der Waals surface area contributed by atoms with Crippen LogP contribution in [-0.2, 0) is 0 Å². The molecule has 0 saturated carbocycles. The number of rotatable bonds is 6. The van der Waals surface area contributed by atoms with E-state index in [0.717, 1.165) is 16.8 Å². The zero-order chi connectivity index (χ0) is 20.1. The van der Waals surface area contributed by atoms with Gasteiger partial charge in [0.2, 0.25) is 5.95 Å². The first-order valence-electron chi connectivity index (χ1n) is 9.07. The number of aromatic nitrogens is 5. The lowest BCUT2D eigenvalue weighted by atomic mass is 10.1. The zero-order valence-electron chi connectivity index (χ0n) is 16.3. The maximum Gasteiger partial charge on any atom is 0.254 e. The van der Waals surface area contributed by atoms with E-state index in [1.807, 2.05) is 39.8 Å². The van der Waals surface area contributed by atoms with E-state index in [1.165, 1.54) is 12.4 Å². The summed E-state index contributed by atoms with van der Waals surface area (Å²) in [6.45, 7) is 7.79. The largest absolute Gasteiger partial charge is 0.352 e. The molecule has 8 heteroatoms. The first-order valence-corrected chi connectivity index (χ1v) is 9.07. The van der Waals surface area contributed by atoms with Crippen molar-refractivity contribution in [1.82, 2.24) is 30.2 Å². The lowest BCUT2D eigenvalue weighted by molar-refractivity contribution is 0.0939. The molecule has 3 rings (SSSR count). The molecular weight excluding hydrogens is 354 g/mol. The van der Waals surface area contributed by atoms with Gasteiger partial charge < -0.3 is 10.6 Å². The van der Waals surface area contributed by atoms with Crippen LogP contribution < -0.4 is 10.6 Å². The predicted molar refractivity (Wildman–Crippen MR) is 107 cm³/mol. The molecule has 3 aromatic heterocycles. The number of carbonyl (C=O) groups excluding carboxylic acids is 1. The molecule has 8 nitrogen and oxygen atoms in total. The molecule has 0 radical (unpaired) electrons. The number of pyridine rings is 1. The number of amides is 1. The Bertz CT molecular complexity index is 943. The van der Waals surface area contributed by atoms with E-state index in [0.29, 0.717) is 17.3 Å². The molecule has 2 N–H and O–H groups in total. The van der Waals surface area contributed by atoms with Crippen molar-refractivity contribution < 1.29 is 4.79 Å². The van der Waals surface area contributed by atoms with E-state index >= 15 is 0 Å². The third-order valence-corrected chi connectivity index (χ3v) is 4.10. The van der Waals surface area contributed by atoms with Crippen LogP contribution in [0.3, 0.4) is 0 Å². The Morgan fingerprint density at radius 1 is 1.00 bits per heavy atom. The van der Waals surface area contributed by atoms with E-state index in [4.69, 9.17) is 0 Å². The van der Waals surface area contributed by atoms with E-state index in [9.17, 15) is 4.79 Å². The second-order valence-electron chi connectivity index (χ2n) is 6.76. The summed E-state index contributed by atoms with van der Waals surface area (Å²) in [4.78, 5) is 33.8. The lowest BCUT2D eigenvalue weighted by Gasteiger charge is -2.16. The van der Waals surface area contributed by atoms with Crippen molar-refractivity contribution in [2.45, 2.75) is 39.8 Å². The predicted octanol–water partition coefficient (Wildman–Crippen LogP) is 2.95. The van der Waals surface area contributed by atoms with Crippen molar-refractivity contribution in [1.29, 1.82) is 0 Å². The summed E-state index contributed by atoms with van der Waals surface area (Å²) in [5.41, 5.74) is 2.95.